The Bertz CT molecular complexity index is 1190. The molecule has 0 heterocycles. The normalized spacial score (nSPS) is 11.8. The van der Waals surface area contributed by atoms with Gasteiger partial charge in [-0.15, -0.1) is 0 Å². The molecule has 0 spiro atoms. The second-order valence-corrected chi connectivity index (χ2v) is 9.69. The van der Waals surface area contributed by atoms with Crippen molar-refractivity contribution in [3.8, 4) is 23.0 Å². The smallest absolute Gasteiger partial charge is 0.326 e. The highest BCUT2D eigenvalue weighted by Gasteiger charge is 2.23. The zero-order valence-corrected chi connectivity index (χ0v) is 21.6. The third-order valence-electron chi connectivity index (χ3n) is 5.08. The lowest BCUT2D eigenvalue weighted by atomic mass is 10.0. The van der Waals surface area contributed by atoms with Gasteiger partial charge in [-0.25, -0.2) is 4.79 Å². The molecule has 9 heteroatoms. The minimum absolute atomic E-state index is 0.0594. The minimum Gasteiger partial charge on any atom is -0.508 e. The SMILES string of the molecule is CC(C)c1cc(Oc2c(Br)cc(C(=O)N[C@H](Cc3ccc(O)cc3)C(=O)O)cc2Br)ccc1O. The summed E-state index contributed by atoms with van der Waals surface area (Å²) in [7, 11) is 0. The van der Waals surface area contributed by atoms with E-state index in [4.69, 9.17) is 4.74 Å². The molecular weight excluding hydrogens is 570 g/mol. The fourth-order valence-electron chi connectivity index (χ4n) is 3.27. The molecule has 1 atom stereocenters. The number of aromatic hydroxyl groups is 2. The zero-order valence-electron chi connectivity index (χ0n) is 18.4. The van der Waals surface area contributed by atoms with Crippen LogP contribution in [0.3, 0.4) is 0 Å². The lowest BCUT2D eigenvalue weighted by molar-refractivity contribution is -0.139. The molecule has 7 nitrogen and oxygen atoms in total. The highest BCUT2D eigenvalue weighted by molar-refractivity contribution is 9.11. The molecule has 1 amide bonds. The van der Waals surface area contributed by atoms with Crippen LogP contribution in [0.5, 0.6) is 23.0 Å². The van der Waals surface area contributed by atoms with Crippen molar-refractivity contribution in [3.05, 3.63) is 80.2 Å². The van der Waals surface area contributed by atoms with Crippen LogP contribution in [0.15, 0.2) is 63.5 Å². The molecular formula is C25H23Br2NO6. The summed E-state index contributed by atoms with van der Waals surface area (Å²) in [6.45, 7) is 3.92. The number of carbonyl (C=O) groups is 2. The third kappa shape index (κ3) is 6.30. The molecule has 3 rings (SSSR count). The Morgan fingerprint density at radius 1 is 0.971 bits per heavy atom. The summed E-state index contributed by atoms with van der Waals surface area (Å²) in [5, 5.41) is 31.5. The van der Waals surface area contributed by atoms with Crippen LogP contribution in [0, 0.1) is 0 Å². The number of halogens is 2. The second-order valence-electron chi connectivity index (χ2n) is 7.98. The van der Waals surface area contributed by atoms with Gasteiger partial charge in [0.2, 0.25) is 0 Å². The van der Waals surface area contributed by atoms with E-state index in [0.717, 1.165) is 5.56 Å². The summed E-state index contributed by atoms with van der Waals surface area (Å²) >= 11 is 6.83. The fraction of sp³-hybridized carbons (Fsp3) is 0.200. The lowest BCUT2D eigenvalue weighted by Crippen LogP contribution is -2.42. The summed E-state index contributed by atoms with van der Waals surface area (Å²) in [6.07, 6.45) is 0.0594. The summed E-state index contributed by atoms with van der Waals surface area (Å²) < 4.78 is 6.94. The van der Waals surface area contributed by atoms with Gasteiger partial charge >= 0.3 is 5.97 Å². The predicted molar refractivity (Wildman–Crippen MR) is 135 cm³/mol. The molecule has 0 bridgehead atoms. The predicted octanol–water partition coefficient (Wildman–Crippen LogP) is 5.96. The standard InChI is InChI=1S/C25H23Br2NO6/c1-13(2)18-12-17(7-8-22(18)30)34-23-19(26)10-15(11-20(23)27)24(31)28-21(25(32)33)9-14-3-5-16(29)6-4-14/h3-8,10-13,21,29-30H,9H2,1-2H3,(H,28,31)(H,32,33)/t21-/m1/s1. The van der Waals surface area contributed by atoms with E-state index in [2.05, 4.69) is 37.2 Å². The first-order chi connectivity index (χ1) is 16.0. The minimum atomic E-state index is -1.17. The quantitative estimate of drug-likeness (QED) is 0.256. The molecule has 3 aromatic carbocycles. The van der Waals surface area contributed by atoms with Gasteiger partial charge < -0.3 is 25.4 Å². The topological polar surface area (TPSA) is 116 Å². The van der Waals surface area contributed by atoms with Crippen molar-refractivity contribution in [3.63, 3.8) is 0 Å². The number of aliphatic carboxylic acids is 1. The summed E-state index contributed by atoms with van der Waals surface area (Å²) in [6, 6.07) is 13.0. The van der Waals surface area contributed by atoms with E-state index < -0.39 is 17.9 Å². The molecule has 0 aliphatic carbocycles. The molecule has 4 N–H and O–H groups in total. The Kier molecular flexibility index (Phi) is 8.22. The summed E-state index contributed by atoms with van der Waals surface area (Å²) in [5.74, 6) is -0.433. The van der Waals surface area contributed by atoms with Gasteiger partial charge in [0.15, 0.2) is 5.75 Å². The van der Waals surface area contributed by atoms with Gasteiger partial charge in [-0.3, -0.25) is 4.79 Å². The van der Waals surface area contributed by atoms with Gasteiger partial charge in [0.05, 0.1) is 8.95 Å². The van der Waals surface area contributed by atoms with Crippen molar-refractivity contribution >= 4 is 43.7 Å². The maximum atomic E-state index is 12.8. The Hall–Kier alpha value is -3.04. The van der Waals surface area contributed by atoms with Crippen LogP contribution in [-0.4, -0.2) is 33.2 Å². The average Bonchev–Trinajstić information content (AvgIpc) is 2.77. The number of phenolic OH excluding ortho intramolecular Hbond substituents is 2. The van der Waals surface area contributed by atoms with E-state index in [9.17, 15) is 24.9 Å². The van der Waals surface area contributed by atoms with E-state index in [1.54, 1.807) is 42.5 Å². The number of carboxylic acids is 1. The second kappa shape index (κ2) is 10.9. The van der Waals surface area contributed by atoms with Crippen molar-refractivity contribution < 1.29 is 29.6 Å². The highest BCUT2D eigenvalue weighted by atomic mass is 79.9. The van der Waals surface area contributed by atoms with Crippen molar-refractivity contribution in [2.75, 3.05) is 0 Å². The number of hydrogen-bond donors (Lipinski definition) is 4. The van der Waals surface area contributed by atoms with Crippen LogP contribution in [0.4, 0.5) is 0 Å². The first-order valence-corrected chi connectivity index (χ1v) is 11.9. The first-order valence-electron chi connectivity index (χ1n) is 10.4. The van der Waals surface area contributed by atoms with Crippen LogP contribution in [0.25, 0.3) is 0 Å². The Labute approximate surface area is 213 Å². The molecule has 0 aromatic heterocycles. The van der Waals surface area contributed by atoms with Gasteiger partial charge in [0.25, 0.3) is 5.91 Å². The maximum Gasteiger partial charge on any atom is 0.326 e. The molecule has 0 saturated heterocycles. The average molecular weight is 593 g/mol. The summed E-state index contributed by atoms with van der Waals surface area (Å²) in [5.41, 5.74) is 1.64. The number of ether oxygens (including phenoxy) is 1. The van der Waals surface area contributed by atoms with Crippen LogP contribution in [0.2, 0.25) is 0 Å². The van der Waals surface area contributed by atoms with Crippen LogP contribution in [0.1, 0.15) is 41.3 Å². The molecule has 178 valence electrons. The summed E-state index contributed by atoms with van der Waals surface area (Å²) in [4.78, 5) is 24.5. The van der Waals surface area contributed by atoms with E-state index in [1.165, 1.54) is 12.1 Å². The van der Waals surface area contributed by atoms with Crippen LogP contribution in [-0.2, 0) is 11.2 Å². The van der Waals surface area contributed by atoms with Gasteiger partial charge in [0.1, 0.15) is 23.3 Å². The van der Waals surface area contributed by atoms with Crippen molar-refractivity contribution in [1.82, 2.24) is 5.32 Å². The van der Waals surface area contributed by atoms with Gasteiger partial charge in [-0.1, -0.05) is 26.0 Å². The number of amides is 1. The zero-order chi connectivity index (χ0) is 25.0. The molecule has 0 radical (unpaired) electrons. The molecule has 0 aliphatic rings. The number of carbonyl (C=O) groups excluding carboxylic acids is 1. The number of rotatable bonds is 8. The monoisotopic (exact) mass is 591 g/mol. The maximum absolute atomic E-state index is 12.8. The Balaban J connectivity index is 1.79. The molecule has 0 fully saturated rings. The molecule has 3 aromatic rings. The van der Waals surface area contributed by atoms with E-state index in [-0.39, 0.29) is 29.4 Å². The molecule has 0 unspecified atom stereocenters. The largest absolute Gasteiger partial charge is 0.508 e. The van der Waals surface area contributed by atoms with Crippen molar-refractivity contribution in [2.24, 2.45) is 0 Å². The van der Waals surface area contributed by atoms with Crippen molar-refractivity contribution in [1.29, 1.82) is 0 Å². The molecule has 34 heavy (non-hydrogen) atoms. The number of phenols is 2. The van der Waals surface area contributed by atoms with Gasteiger partial charge in [-0.05, 0) is 85.8 Å². The van der Waals surface area contributed by atoms with E-state index >= 15 is 0 Å². The lowest BCUT2D eigenvalue weighted by Gasteiger charge is -2.17. The third-order valence-corrected chi connectivity index (χ3v) is 6.26. The van der Waals surface area contributed by atoms with Crippen LogP contribution < -0.4 is 10.1 Å². The number of carboxylic acid groups (broad SMARTS) is 1. The first kappa shape index (κ1) is 25.6. The van der Waals surface area contributed by atoms with E-state index in [0.29, 0.717) is 26.0 Å². The highest BCUT2D eigenvalue weighted by Crippen LogP contribution is 2.39. The molecule has 0 saturated carbocycles. The van der Waals surface area contributed by atoms with Gasteiger partial charge in [0, 0.05) is 17.5 Å². The van der Waals surface area contributed by atoms with Crippen molar-refractivity contribution in [2.45, 2.75) is 32.2 Å². The fourth-order valence-corrected chi connectivity index (χ4v) is 4.62. The number of nitrogens with one attached hydrogen (secondary N) is 1. The van der Waals surface area contributed by atoms with Gasteiger partial charge in [-0.2, -0.15) is 0 Å². The van der Waals surface area contributed by atoms with E-state index in [1.807, 2.05) is 13.8 Å². The Morgan fingerprint density at radius 3 is 2.15 bits per heavy atom. The Morgan fingerprint density at radius 2 is 1.59 bits per heavy atom. The molecule has 0 aliphatic heterocycles. The number of benzene rings is 3. The van der Waals surface area contributed by atoms with Crippen LogP contribution >= 0.6 is 31.9 Å². The number of hydrogen-bond acceptors (Lipinski definition) is 5.